The average molecular weight is 278 g/mol. The fourth-order valence-corrected chi connectivity index (χ4v) is 2.51. The van der Waals surface area contributed by atoms with Crippen molar-refractivity contribution in [3.8, 4) is 0 Å². The van der Waals surface area contributed by atoms with E-state index in [0.717, 1.165) is 17.1 Å². The van der Waals surface area contributed by atoms with Gasteiger partial charge in [-0.15, -0.1) is 11.3 Å². The highest BCUT2D eigenvalue weighted by molar-refractivity contribution is 7.09. The maximum atomic E-state index is 12.1. The molecule has 2 rings (SSSR count). The molecule has 0 aromatic carbocycles. The minimum atomic E-state index is 0.00790. The van der Waals surface area contributed by atoms with E-state index in [4.69, 9.17) is 5.73 Å². The Hall–Kier alpha value is -1.53. The quantitative estimate of drug-likeness (QED) is 0.818. The van der Waals surface area contributed by atoms with Gasteiger partial charge >= 0.3 is 0 Å². The summed E-state index contributed by atoms with van der Waals surface area (Å²) in [6, 6.07) is 2.18. The highest BCUT2D eigenvalue weighted by Gasteiger charge is 2.13. The summed E-state index contributed by atoms with van der Waals surface area (Å²) in [5, 5.41) is 7.08. The Morgan fingerprint density at radius 3 is 2.95 bits per heavy atom. The Morgan fingerprint density at radius 2 is 2.32 bits per heavy atom. The van der Waals surface area contributed by atoms with Crippen LogP contribution in [0.1, 0.15) is 41.1 Å². The zero-order chi connectivity index (χ0) is 13.8. The van der Waals surface area contributed by atoms with Crippen LogP contribution in [0.3, 0.4) is 0 Å². The van der Waals surface area contributed by atoms with E-state index in [1.807, 2.05) is 16.9 Å². The van der Waals surface area contributed by atoms with Crippen LogP contribution in [0, 0.1) is 0 Å². The van der Waals surface area contributed by atoms with E-state index < -0.39 is 0 Å². The average Bonchev–Trinajstić information content (AvgIpc) is 2.98. The van der Waals surface area contributed by atoms with Gasteiger partial charge < -0.3 is 5.73 Å². The molecule has 6 heteroatoms. The zero-order valence-electron chi connectivity index (χ0n) is 11.2. The summed E-state index contributed by atoms with van der Waals surface area (Å²) in [5.41, 5.74) is 6.77. The van der Waals surface area contributed by atoms with Crippen LogP contribution < -0.4 is 5.73 Å². The maximum Gasteiger partial charge on any atom is 0.188 e. The van der Waals surface area contributed by atoms with Crippen LogP contribution in [0.15, 0.2) is 17.6 Å². The van der Waals surface area contributed by atoms with E-state index in [0.29, 0.717) is 24.7 Å². The summed E-state index contributed by atoms with van der Waals surface area (Å²) in [6.07, 6.45) is 2.92. The Morgan fingerprint density at radius 1 is 1.53 bits per heavy atom. The van der Waals surface area contributed by atoms with Crippen molar-refractivity contribution in [2.75, 3.05) is 6.54 Å². The first kappa shape index (κ1) is 13.9. The van der Waals surface area contributed by atoms with E-state index >= 15 is 0 Å². The summed E-state index contributed by atoms with van der Waals surface area (Å²) in [4.78, 5) is 16.4. The number of ketones is 1. The first-order chi connectivity index (χ1) is 9.10. The van der Waals surface area contributed by atoms with Crippen molar-refractivity contribution in [2.24, 2.45) is 5.73 Å². The van der Waals surface area contributed by atoms with Crippen molar-refractivity contribution in [1.82, 2.24) is 14.8 Å². The van der Waals surface area contributed by atoms with Gasteiger partial charge in [0.25, 0.3) is 0 Å². The molecule has 0 aliphatic rings. The van der Waals surface area contributed by atoms with Crippen molar-refractivity contribution in [3.63, 3.8) is 0 Å². The second-order valence-electron chi connectivity index (χ2n) is 4.65. The van der Waals surface area contributed by atoms with Crippen LogP contribution in [-0.4, -0.2) is 27.1 Å². The van der Waals surface area contributed by atoms with Crippen LogP contribution >= 0.6 is 11.3 Å². The summed E-state index contributed by atoms with van der Waals surface area (Å²) in [5.74, 6) is 0.00790. The number of nitrogens with zero attached hydrogens (tertiary/aromatic N) is 3. The molecule has 2 heterocycles. The second-order valence-corrected chi connectivity index (χ2v) is 5.59. The highest BCUT2D eigenvalue weighted by Crippen LogP contribution is 2.13. The lowest BCUT2D eigenvalue weighted by molar-refractivity contribution is 0.0987. The molecule has 5 nitrogen and oxygen atoms in total. The van der Waals surface area contributed by atoms with E-state index in [1.165, 1.54) is 11.3 Å². The van der Waals surface area contributed by atoms with Gasteiger partial charge in [0.05, 0.1) is 17.1 Å². The number of carbonyl (C=O) groups excluding carboxylic acids is 1. The molecule has 0 saturated carbocycles. The van der Waals surface area contributed by atoms with Crippen LogP contribution in [0.4, 0.5) is 0 Å². The first-order valence-corrected chi connectivity index (χ1v) is 7.20. The zero-order valence-corrected chi connectivity index (χ0v) is 12.0. The van der Waals surface area contributed by atoms with Gasteiger partial charge in [0.1, 0.15) is 5.69 Å². The molecule has 0 fully saturated rings. The smallest absolute Gasteiger partial charge is 0.188 e. The summed E-state index contributed by atoms with van der Waals surface area (Å²) < 4.78 is 1.85. The monoisotopic (exact) mass is 278 g/mol. The van der Waals surface area contributed by atoms with E-state index in [2.05, 4.69) is 23.9 Å². The molecule has 2 aromatic rings. The fourth-order valence-electron chi connectivity index (χ4n) is 1.69. The van der Waals surface area contributed by atoms with Crippen molar-refractivity contribution in [1.29, 1.82) is 0 Å². The molecule has 2 N–H and O–H groups in total. The lowest BCUT2D eigenvalue weighted by Crippen LogP contribution is -2.08. The Balaban J connectivity index is 2.02. The molecule has 0 atom stereocenters. The van der Waals surface area contributed by atoms with Crippen LogP contribution in [0.2, 0.25) is 0 Å². The number of Topliss-reactive ketones (excluding diaryl/α,β-unsaturated/α-hetero) is 1. The molecule has 0 aliphatic carbocycles. The molecule has 0 radical (unpaired) electrons. The Bertz CT molecular complexity index is 558. The molecule has 0 aliphatic heterocycles. The topological polar surface area (TPSA) is 73.8 Å². The number of hydrogen-bond acceptors (Lipinski definition) is 5. The molecule has 102 valence electrons. The maximum absolute atomic E-state index is 12.1. The Kier molecular flexibility index (Phi) is 4.44. The summed E-state index contributed by atoms with van der Waals surface area (Å²) in [7, 11) is 0. The van der Waals surface area contributed by atoms with Crippen LogP contribution in [0.5, 0.6) is 0 Å². The summed E-state index contributed by atoms with van der Waals surface area (Å²) >= 11 is 1.49. The van der Waals surface area contributed by atoms with Gasteiger partial charge in [0, 0.05) is 24.0 Å². The number of rotatable bonds is 6. The molecular weight excluding hydrogens is 260 g/mol. The fraction of sp³-hybridized carbons (Fsp3) is 0.462. The van der Waals surface area contributed by atoms with Gasteiger partial charge in [-0.2, -0.15) is 5.10 Å². The first-order valence-electron chi connectivity index (χ1n) is 6.32. The highest BCUT2D eigenvalue weighted by atomic mass is 32.1. The molecule has 0 saturated heterocycles. The minimum absolute atomic E-state index is 0.00790. The lowest BCUT2D eigenvalue weighted by Gasteiger charge is -2.03. The number of aromatic nitrogens is 3. The van der Waals surface area contributed by atoms with E-state index in [9.17, 15) is 4.79 Å². The molecule has 0 bridgehead atoms. The van der Waals surface area contributed by atoms with Crippen molar-refractivity contribution < 1.29 is 4.79 Å². The van der Waals surface area contributed by atoms with Gasteiger partial charge in [0.15, 0.2) is 5.78 Å². The van der Waals surface area contributed by atoms with Crippen molar-refractivity contribution in [2.45, 2.75) is 32.7 Å². The van der Waals surface area contributed by atoms with Gasteiger partial charge in [-0.25, -0.2) is 4.98 Å². The molecule has 0 spiro atoms. The molecule has 19 heavy (non-hydrogen) atoms. The van der Waals surface area contributed by atoms with Crippen LogP contribution in [-0.2, 0) is 12.8 Å². The van der Waals surface area contributed by atoms with E-state index in [1.54, 1.807) is 5.38 Å². The molecular formula is C13H18N4OS. The normalized spacial score (nSPS) is 11.2. The molecule has 0 amide bonds. The minimum Gasteiger partial charge on any atom is -0.330 e. The number of nitrogens with two attached hydrogens (primary N) is 1. The third-order valence-corrected chi connectivity index (χ3v) is 3.64. The Labute approximate surface area is 116 Å². The van der Waals surface area contributed by atoms with E-state index in [-0.39, 0.29) is 5.78 Å². The number of thiazole rings is 1. The number of hydrogen-bond donors (Lipinski definition) is 1. The second kappa shape index (κ2) is 6.08. The molecule has 2 aromatic heterocycles. The molecule has 0 unspecified atom stereocenters. The predicted molar refractivity (Wildman–Crippen MR) is 75.5 cm³/mol. The number of carbonyl (C=O) groups is 1. The van der Waals surface area contributed by atoms with Gasteiger partial charge in [0.2, 0.25) is 0 Å². The van der Waals surface area contributed by atoms with Gasteiger partial charge in [-0.05, 0) is 26.5 Å². The van der Waals surface area contributed by atoms with Crippen LogP contribution in [0.25, 0.3) is 0 Å². The summed E-state index contributed by atoms with van der Waals surface area (Å²) in [6.45, 7) is 4.66. The predicted octanol–water partition coefficient (Wildman–Crippen LogP) is 1.85. The van der Waals surface area contributed by atoms with Gasteiger partial charge in [-0.3, -0.25) is 9.48 Å². The SMILES string of the molecule is CC(C)n1ccc(CC(=O)c2csc(CCN)n2)n1. The standard InChI is InChI=1S/C13H18N4OS/c1-9(2)17-6-4-10(16-17)7-12(18)11-8-19-13(15-11)3-5-14/h4,6,8-9H,3,5,7,14H2,1-2H3. The largest absolute Gasteiger partial charge is 0.330 e. The van der Waals surface area contributed by atoms with Crippen molar-refractivity contribution >= 4 is 17.1 Å². The van der Waals surface area contributed by atoms with Gasteiger partial charge in [-0.1, -0.05) is 0 Å². The third kappa shape index (κ3) is 3.48. The van der Waals surface area contributed by atoms with Crippen molar-refractivity contribution in [3.05, 3.63) is 34.0 Å². The lowest BCUT2D eigenvalue weighted by atomic mass is 10.2. The third-order valence-electron chi connectivity index (χ3n) is 2.73.